The Balaban J connectivity index is 2.02. The lowest BCUT2D eigenvalue weighted by atomic mass is 10.1. The number of halogens is 3. The van der Waals surface area contributed by atoms with Crippen LogP contribution < -0.4 is 4.74 Å². The van der Waals surface area contributed by atoms with E-state index in [0.717, 1.165) is 29.8 Å². The second kappa shape index (κ2) is 7.44. The summed E-state index contributed by atoms with van der Waals surface area (Å²) in [6.07, 6.45) is -1.13. The van der Waals surface area contributed by atoms with Gasteiger partial charge in [0.05, 0.1) is 9.79 Å². The van der Waals surface area contributed by atoms with E-state index in [0.29, 0.717) is 24.0 Å². The molecule has 0 amide bonds. The zero-order chi connectivity index (χ0) is 20.5. The molecule has 150 valence electrons. The van der Waals surface area contributed by atoms with Crippen LogP contribution in [0.3, 0.4) is 0 Å². The Labute approximate surface area is 159 Å². The van der Waals surface area contributed by atoms with E-state index in [2.05, 4.69) is 14.7 Å². The third-order valence-corrected chi connectivity index (χ3v) is 5.91. The average Bonchev–Trinajstić information content (AvgIpc) is 3.02. The van der Waals surface area contributed by atoms with Gasteiger partial charge in [-0.2, -0.15) is 0 Å². The van der Waals surface area contributed by atoms with Gasteiger partial charge in [-0.25, -0.2) is 13.4 Å². The smallest absolute Gasteiger partial charge is 0.406 e. The van der Waals surface area contributed by atoms with Crippen molar-refractivity contribution >= 4 is 20.9 Å². The van der Waals surface area contributed by atoms with Gasteiger partial charge in [-0.1, -0.05) is 0 Å². The SMILES string of the molecule is CN(C)CCc1c[nH]c2nccc(S(=O)(=O)c3ccc(OC(F)(F)F)cc3)c12. The number of fused-ring (bicyclic) bond motifs is 1. The van der Waals surface area contributed by atoms with Crippen molar-refractivity contribution in [1.29, 1.82) is 0 Å². The summed E-state index contributed by atoms with van der Waals surface area (Å²) in [7, 11) is -0.143. The van der Waals surface area contributed by atoms with E-state index in [1.807, 2.05) is 19.0 Å². The molecule has 2 heterocycles. The predicted octanol–water partition coefficient (Wildman–Crippen LogP) is 3.40. The normalized spacial score (nSPS) is 12.6. The van der Waals surface area contributed by atoms with Gasteiger partial charge in [0.15, 0.2) is 0 Å². The monoisotopic (exact) mass is 413 g/mol. The third kappa shape index (κ3) is 4.28. The van der Waals surface area contributed by atoms with Crippen LogP contribution in [-0.4, -0.2) is 50.3 Å². The molecule has 0 saturated heterocycles. The van der Waals surface area contributed by atoms with Gasteiger partial charge >= 0.3 is 6.36 Å². The number of benzene rings is 1. The summed E-state index contributed by atoms with van der Waals surface area (Å²) in [5.74, 6) is -0.486. The zero-order valence-corrected chi connectivity index (χ0v) is 15.9. The van der Waals surface area contributed by atoms with E-state index in [4.69, 9.17) is 0 Å². The number of likely N-dealkylation sites (N-methyl/N-ethyl adjacent to an activating group) is 1. The maximum absolute atomic E-state index is 13.1. The molecule has 2 aromatic heterocycles. The van der Waals surface area contributed by atoms with Crippen molar-refractivity contribution in [2.75, 3.05) is 20.6 Å². The molecule has 0 bridgehead atoms. The molecule has 0 aliphatic heterocycles. The molecule has 0 unspecified atom stereocenters. The van der Waals surface area contributed by atoms with E-state index >= 15 is 0 Å². The zero-order valence-electron chi connectivity index (χ0n) is 15.1. The van der Waals surface area contributed by atoms with Gasteiger partial charge in [0.2, 0.25) is 9.84 Å². The number of H-pyrrole nitrogens is 1. The van der Waals surface area contributed by atoms with Crippen molar-refractivity contribution in [1.82, 2.24) is 14.9 Å². The molecule has 1 aromatic carbocycles. The first-order valence-electron chi connectivity index (χ1n) is 8.28. The molecule has 1 N–H and O–H groups in total. The van der Waals surface area contributed by atoms with Crippen molar-refractivity contribution in [3.8, 4) is 5.75 Å². The molecule has 0 aliphatic carbocycles. The highest BCUT2D eigenvalue weighted by atomic mass is 32.2. The number of nitrogens with one attached hydrogen (secondary N) is 1. The number of pyridine rings is 1. The maximum Gasteiger partial charge on any atom is 0.573 e. The maximum atomic E-state index is 13.1. The van der Waals surface area contributed by atoms with Crippen LogP contribution in [0.5, 0.6) is 5.75 Å². The lowest BCUT2D eigenvalue weighted by Gasteiger charge is -2.11. The van der Waals surface area contributed by atoms with E-state index in [9.17, 15) is 21.6 Å². The van der Waals surface area contributed by atoms with Crippen LogP contribution in [-0.2, 0) is 16.3 Å². The summed E-state index contributed by atoms with van der Waals surface area (Å²) < 4.78 is 66.9. The molecule has 28 heavy (non-hydrogen) atoms. The number of alkyl halides is 3. The molecule has 0 radical (unpaired) electrons. The number of hydrogen-bond donors (Lipinski definition) is 1. The Morgan fingerprint density at radius 1 is 1.14 bits per heavy atom. The Morgan fingerprint density at radius 3 is 2.43 bits per heavy atom. The topological polar surface area (TPSA) is 75.3 Å². The van der Waals surface area contributed by atoms with Crippen molar-refractivity contribution in [3.63, 3.8) is 0 Å². The molecule has 10 heteroatoms. The van der Waals surface area contributed by atoms with Gasteiger partial charge in [-0.3, -0.25) is 0 Å². The molecule has 0 aliphatic rings. The summed E-state index contributed by atoms with van der Waals surface area (Å²) in [6.45, 7) is 0.713. The fourth-order valence-electron chi connectivity index (χ4n) is 2.80. The first-order chi connectivity index (χ1) is 13.1. The average molecular weight is 413 g/mol. The number of aromatic amines is 1. The second-order valence-electron chi connectivity index (χ2n) is 6.42. The first kappa shape index (κ1) is 20.2. The molecule has 3 aromatic rings. The van der Waals surface area contributed by atoms with Gasteiger partial charge in [-0.15, -0.1) is 13.2 Å². The Morgan fingerprint density at radius 2 is 1.82 bits per heavy atom. The molecule has 0 atom stereocenters. The quantitative estimate of drug-likeness (QED) is 0.671. The Bertz CT molecular complexity index is 1070. The fraction of sp³-hybridized carbons (Fsp3) is 0.278. The van der Waals surface area contributed by atoms with Crippen LogP contribution in [0, 0.1) is 0 Å². The van der Waals surface area contributed by atoms with E-state index in [1.165, 1.54) is 12.3 Å². The van der Waals surface area contributed by atoms with E-state index in [-0.39, 0.29) is 9.79 Å². The lowest BCUT2D eigenvalue weighted by Crippen LogP contribution is -2.17. The molecule has 6 nitrogen and oxygen atoms in total. The highest BCUT2D eigenvalue weighted by molar-refractivity contribution is 7.91. The number of rotatable bonds is 6. The molecule has 0 spiro atoms. The van der Waals surface area contributed by atoms with Crippen molar-refractivity contribution < 1.29 is 26.3 Å². The molecule has 0 saturated carbocycles. The van der Waals surface area contributed by atoms with Gasteiger partial charge in [0.25, 0.3) is 0 Å². The molecular formula is C18H18F3N3O3S. The van der Waals surface area contributed by atoms with E-state index in [1.54, 1.807) is 6.20 Å². The number of ether oxygens (including phenoxy) is 1. The van der Waals surface area contributed by atoms with Crippen molar-refractivity contribution in [3.05, 3.63) is 48.3 Å². The summed E-state index contributed by atoms with van der Waals surface area (Å²) >= 11 is 0. The van der Waals surface area contributed by atoms with Gasteiger partial charge in [0.1, 0.15) is 11.4 Å². The van der Waals surface area contributed by atoms with Crippen molar-refractivity contribution in [2.24, 2.45) is 0 Å². The summed E-state index contributed by atoms with van der Waals surface area (Å²) in [6, 6.07) is 5.53. The fourth-order valence-corrected chi connectivity index (χ4v) is 4.29. The Kier molecular flexibility index (Phi) is 5.35. The van der Waals surface area contributed by atoms with Gasteiger partial charge in [0, 0.05) is 24.3 Å². The van der Waals surface area contributed by atoms with Crippen LogP contribution in [0.4, 0.5) is 13.2 Å². The van der Waals surface area contributed by atoms with Gasteiger partial charge in [-0.05, 0) is 56.4 Å². The summed E-state index contributed by atoms with van der Waals surface area (Å²) in [5.41, 5.74) is 1.24. The summed E-state index contributed by atoms with van der Waals surface area (Å²) in [5, 5.41) is 0.486. The minimum Gasteiger partial charge on any atom is -0.406 e. The molecule has 0 fully saturated rings. The minimum absolute atomic E-state index is 0.0528. The highest BCUT2D eigenvalue weighted by Crippen LogP contribution is 2.31. The minimum atomic E-state index is -4.84. The molecule has 3 rings (SSSR count). The van der Waals surface area contributed by atoms with Crippen LogP contribution in [0.1, 0.15) is 5.56 Å². The lowest BCUT2D eigenvalue weighted by molar-refractivity contribution is -0.274. The van der Waals surface area contributed by atoms with E-state index < -0.39 is 21.9 Å². The first-order valence-corrected chi connectivity index (χ1v) is 9.77. The second-order valence-corrected chi connectivity index (χ2v) is 8.34. The standard InChI is InChI=1S/C18H18F3N3O3S/c1-24(2)10-8-12-11-23-17-16(12)15(7-9-22-17)28(25,26)14-5-3-13(4-6-14)27-18(19,20)21/h3-7,9,11H,8,10H2,1-2H3,(H,22,23). The number of nitrogens with zero attached hydrogens (tertiary/aromatic N) is 2. The largest absolute Gasteiger partial charge is 0.573 e. The van der Waals surface area contributed by atoms with Gasteiger partial charge < -0.3 is 14.6 Å². The predicted molar refractivity (Wildman–Crippen MR) is 96.9 cm³/mol. The summed E-state index contributed by atoms with van der Waals surface area (Å²) in [4.78, 5) is 9.04. The number of aromatic nitrogens is 2. The van der Waals surface area contributed by atoms with Crippen LogP contribution in [0.15, 0.2) is 52.5 Å². The van der Waals surface area contributed by atoms with Crippen LogP contribution in [0.25, 0.3) is 11.0 Å². The van der Waals surface area contributed by atoms with Crippen LogP contribution >= 0.6 is 0 Å². The number of sulfone groups is 1. The van der Waals surface area contributed by atoms with Crippen LogP contribution in [0.2, 0.25) is 0 Å². The molecular weight excluding hydrogens is 395 g/mol. The highest BCUT2D eigenvalue weighted by Gasteiger charge is 2.31. The third-order valence-electron chi connectivity index (χ3n) is 4.10. The number of hydrogen-bond acceptors (Lipinski definition) is 5. The Hall–Kier alpha value is -2.59. The van der Waals surface area contributed by atoms with Crippen molar-refractivity contribution in [2.45, 2.75) is 22.6 Å².